The number of piperidine rings is 1. The number of nitrogens with one attached hydrogen (secondary N) is 1. The minimum atomic E-state index is -3.66. The lowest BCUT2D eigenvalue weighted by molar-refractivity contribution is 0.0966. The molecule has 8 heteroatoms. The van der Waals surface area contributed by atoms with Gasteiger partial charge in [0.25, 0.3) is 10.2 Å². The first kappa shape index (κ1) is 13.2. The summed E-state index contributed by atoms with van der Waals surface area (Å²) in [6.07, 6.45) is 0.751. The number of hydrogen-bond acceptors (Lipinski definition) is 4. The first-order valence-electron chi connectivity index (χ1n) is 5.14. The normalized spacial score (nSPS) is 18.5. The van der Waals surface area contributed by atoms with Gasteiger partial charge >= 0.3 is 6.09 Å². The number of nitrogens with zero attached hydrogens (tertiary/aromatic N) is 1. The monoisotopic (exact) mass is 251 g/mol. The molecule has 1 aliphatic heterocycles. The number of rotatable bonds is 3. The van der Waals surface area contributed by atoms with Crippen LogP contribution in [0.5, 0.6) is 0 Å². The van der Waals surface area contributed by atoms with Crippen molar-refractivity contribution in [3.63, 3.8) is 0 Å². The van der Waals surface area contributed by atoms with Gasteiger partial charge in [0.2, 0.25) is 0 Å². The highest BCUT2D eigenvalue weighted by Gasteiger charge is 2.25. The van der Waals surface area contributed by atoms with Crippen LogP contribution >= 0.6 is 0 Å². The Morgan fingerprint density at radius 2 is 2.06 bits per heavy atom. The number of carbonyl (C=O) groups excluding carboxylic acids is 1. The number of nitrogens with two attached hydrogens (primary N) is 1. The molecule has 0 unspecified atom stereocenters. The maximum atomic E-state index is 11.3. The Hall–Kier alpha value is -0.860. The third-order valence-electron chi connectivity index (χ3n) is 2.35. The van der Waals surface area contributed by atoms with Crippen LogP contribution in [0, 0.1) is 0 Å². The molecule has 7 nitrogen and oxygen atoms in total. The topological polar surface area (TPSA) is 102 Å². The van der Waals surface area contributed by atoms with Crippen molar-refractivity contribution in [2.75, 3.05) is 19.7 Å². The summed E-state index contributed by atoms with van der Waals surface area (Å²) in [6, 6.07) is -0.194. The third-order valence-corrected chi connectivity index (χ3v) is 3.01. The van der Waals surface area contributed by atoms with Crippen LogP contribution in [0.3, 0.4) is 0 Å². The highest BCUT2D eigenvalue weighted by atomic mass is 32.2. The largest absolute Gasteiger partial charge is 0.450 e. The van der Waals surface area contributed by atoms with Gasteiger partial charge in [0.05, 0.1) is 6.61 Å². The molecule has 0 radical (unpaired) electrons. The van der Waals surface area contributed by atoms with Crippen molar-refractivity contribution in [3.05, 3.63) is 0 Å². The van der Waals surface area contributed by atoms with Crippen molar-refractivity contribution in [2.24, 2.45) is 5.14 Å². The summed E-state index contributed by atoms with van der Waals surface area (Å²) in [6.45, 7) is 3.04. The number of likely N-dealkylation sites (tertiary alicyclic amines) is 1. The molecule has 0 aliphatic carbocycles. The molecule has 0 aromatic carbocycles. The molecule has 94 valence electrons. The van der Waals surface area contributed by atoms with E-state index in [1.165, 1.54) is 0 Å². The van der Waals surface area contributed by atoms with E-state index >= 15 is 0 Å². The summed E-state index contributed by atoms with van der Waals surface area (Å²) in [5, 5.41) is 4.86. The Kier molecular flexibility index (Phi) is 4.51. The van der Waals surface area contributed by atoms with E-state index in [2.05, 4.69) is 4.72 Å². The van der Waals surface area contributed by atoms with Crippen LogP contribution in [-0.4, -0.2) is 45.1 Å². The zero-order chi connectivity index (χ0) is 12.2. The lowest BCUT2D eigenvalue weighted by Crippen LogP contribution is -2.48. The Labute approximate surface area is 95.1 Å². The van der Waals surface area contributed by atoms with Gasteiger partial charge in [0.1, 0.15) is 0 Å². The molecular weight excluding hydrogens is 234 g/mol. The molecule has 3 N–H and O–H groups in total. The van der Waals surface area contributed by atoms with Crippen molar-refractivity contribution in [2.45, 2.75) is 25.8 Å². The van der Waals surface area contributed by atoms with Crippen molar-refractivity contribution in [3.8, 4) is 0 Å². The van der Waals surface area contributed by atoms with Crippen LogP contribution in [0.1, 0.15) is 19.8 Å². The number of ether oxygens (including phenoxy) is 1. The summed E-state index contributed by atoms with van der Waals surface area (Å²) >= 11 is 0. The second kappa shape index (κ2) is 5.46. The number of carbonyl (C=O) groups is 1. The first-order valence-corrected chi connectivity index (χ1v) is 6.68. The second-order valence-electron chi connectivity index (χ2n) is 3.62. The summed E-state index contributed by atoms with van der Waals surface area (Å²) in [7, 11) is -3.66. The minimum absolute atomic E-state index is 0.194. The van der Waals surface area contributed by atoms with E-state index in [4.69, 9.17) is 9.88 Å². The Bertz CT molecular complexity index is 335. The van der Waals surface area contributed by atoms with E-state index in [0.29, 0.717) is 32.5 Å². The molecule has 0 spiro atoms. The zero-order valence-corrected chi connectivity index (χ0v) is 10.00. The van der Waals surface area contributed by atoms with Gasteiger partial charge in [0.15, 0.2) is 0 Å². The Morgan fingerprint density at radius 3 is 2.50 bits per heavy atom. The molecule has 1 heterocycles. The Morgan fingerprint density at radius 1 is 1.50 bits per heavy atom. The van der Waals surface area contributed by atoms with E-state index < -0.39 is 10.2 Å². The van der Waals surface area contributed by atoms with E-state index in [1.54, 1.807) is 11.8 Å². The molecule has 0 bridgehead atoms. The standard InChI is InChI=1S/C8H17N3O4S/c1-2-15-8(12)11-5-3-7(4-6-11)10-16(9,13)14/h7,10H,2-6H2,1H3,(H2,9,13,14). The molecular formula is C8H17N3O4S. The smallest absolute Gasteiger partial charge is 0.409 e. The molecule has 0 atom stereocenters. The van der Waals surface area contributed by atoms with Gasteiger partial charge in [-0.1, -0.05) is 0 Å². The van der Waals surface area contributed by atoms with Crippen LogP contribution in [0.15, 0.2) is 0 Å². The molecule has 1 saturated heterocycles. The molecule has 0 saturated carbocycles. The van der Waals surface area contributed by atoms with Gasteiger partial charge in [-0.25, -0.2) is 9.93 Å². The molecule has 0 aromatic rings. The fraction of sp³-hybridized carbons (Fsp3) is 0.875. The van der Waals surface area contributed by atoms with Gasteiger partial charge < -0.3 is 9.64 Å². The quantitative estimate of drug-likeness (QED) is 0.699. The summed E-state index contributed by atoms with van der Waals surface area (Å²) < 4.78 is 28.7. The highest BCUT2D eigenvalue weighted by molar-refractivity contribution is 7.87. The maximum Gasteiger partial charge on any atom is 0.409 e. The van der Waals surface area contributed by atoms with E-state index in [9.17, 15) is 13.2 Å². The van der Waals surface area contributed by atoms with Crippen LogP contribution in [0.2, 0.25) is 0 Å². The van der Waals surface area contributed by atoms with E-state index in [0.717, 1.165) is 0 Å². The van der Waals surface area contributed by atoms with E-state index in [-0.39, 0.29) is 12.1 Å². The summed E-state index contributed by atoms with van der Waals surface area (Å²) in [5.41, 5.74) is 0. The van der Waals surface area contributed by atoms with Crippen molar-refractivity contribution >= 4 is 16.3 Å². The fourth-order valence-electron chi connectivity index (χ4n) is 1.63. The molecule has 1 aliphatic rings. The average molecular weight is 251 g/mol. The lowest BCUT2D eigenvalue weighted by atomic mass is 10.1. The molecule has 1 amide bonds. The highest BCUT2D eigenvalue weighted by Crippen LogP contribution is 2.11. The van der Waals surface area contributed by atoms with Gasteiger partial charge in [0, 0.05) is 19.1 Å². The van der Waals surface area contributed by atoms with Gasteiger partial charge in [-0.2, -0.15) is 13.1 Å². The Balaban J connectivity index is 2.37. The fourth-order valence-corrected chi connectivity index (χ4v) is 2.33. The van der Waals surface area contributed by atoms with E-state index in [1.807, 2.05) is 0 Å². The zero-order valence-electron chi connectivity index (χ0n) is 9.18. The molecule has 1 rings (SSSR count). The van der Waals surface area contributed by atoms with Crippen molar-refractivity contribution in [1.29, 1.82) is 0 Å². The van der Waals surface area contributed by atoms with Crippen LogP contribution < -0.4 is 9.86 Å². The van der Waals surface area contributed by atoms with Crippen LogP contribution in [-0.2, 0) is 14.9 Å². The van der Waals surface area contributed by atoms with Crippen molar-refractivity contribution < 1.29 is 17.9 Å². The summed E-state index contributed by atoms with van der Waals surface area (Å²) in [4.78, 5) is 12.9. The molecule has 0 aromatic heterocycles. The SMILES string of the molecule is CCOC(=O)N1CCC(NS(N)(=O)=O)CC1. The number of amides is 1. The maximum absolute atomic E-state index is 11.3. The average Bonchev–Trinajstić information content (AvgIpc) is 2.16. The summed E-state index contributed by atoms with van der Waals surface area (Å²) in [5.74, 6) is 0. The second-order valence-corrected chi connectivity index (χ2v) is 4.95. The van der Waals surface area contributed by atoms with Gasteiger partial charge in [-0.15, -0.1) is 0 Å². The van der Waals surface area contributed by atoms with Gasteiger partial charge in [-0.3, -0.25) is 0 Å². The first-order chi connectivity index (χ1) is 7.42. The predicted octanol–water partition coefficient (Wildman–Crippen LogP) is -0.600. The van der Waals surface area contributed by atoms with Crippen molar-refractivity contribution in [1.82, 2.24) is 9.62 Å². The molecule has 1 fully saturated rings. The van der Waals surface area contributed by atoms with Crippen LogP contribution in [0.25, 0.3) is 0 Å². The lowest BCUT2D eigenvalue weighted by Gasteiger charge is -2.30. The number of hydrogen-bond donors (Lipinski definition) is 2. The van der Waals surface area contributed by atoms with Gasteiger partial charge in [-0.05, 0) is 19.8 Å². The molecule has 16 heavy (non-hydrogen) atoms. The van der Waals surface area contributed by atoms with Crippen LogP contribution in [0.4, 0.5) is 4.79 Å². The predicted molar refractivity (Wildman–Crippen MR) is 57.9 cm³/mol. The minimum Gasteiger partial charge on any atom is -0.450 e. The third kappa shape index (κ3) is 4.33.